The average molecular weight is 278 g/mol. The first-order chi connectivity index (χ1) is 8.27. The number of nitrogen functional groups attached to an aromatic ring is 1. The molecule has 0 bridgehead atoms. The highest BCUT2D eigenvalue weighted by molar-refractivity contribution is 7.79. The summed E-state index contributed by atoms with van der Waals surface area (Å²) in [5, 5.41) is 11.8. The Morgan fingerprint density at radius 2 is 1.89 bits per heavy atom. The molecule has 1 aromatic rings. The number of nitrogens with two attached hydrogens (primary N) is 1. The van der Waals surface area contributed by atoms with Crippen molar-refractivity contribution in [2.24, 2.45) is 0 Å². The molecule has 0 amide bonds. The Bertz CT molecular complexity index is 453. The largest absolute Gasteiger partial charge is 0.399 e. The lowest BCUT2D eigenvalue weighted by Crippen LogP contribution is -2.07. The van der Waals surface area contributed by atoms with Crippen LogP contribution in [0.4, 0.5) is 11.4 Å². The SMILES string of the molecule is CCc1cc(N)ccc1NCCO.O=S(=O)(O)O. The lowest BCUT2D eigenvalue weighted by Gasteiger charge is -2.10. The number of hydrogen-bond donors (Lipinski definition) is 5. The number of rotatable bonds is 4. The van der Waals surface area contributed by atoms with E-state index < -0.39 is 10.4 Å². The van der Waals surface area contributed by atoms with Crippen molar-refractivity contribution >= 4 is 21.8 Å². The molecule has 18 heavy (non-hydrogen) atoms. The van der Waals surface area contributed by atoms with Crippen LogP contribution < -0.4 is 11.1 Å². The zero-order valence-electron chi connectivity index (χ0n) is 10.00. The molecule has 0 radical (unpaired) electrons. The van der Waals surface area contributed by atoms with Crippen LogP contribution in [0.15, 0.2) is 18.2 Å². The van der Waals surface area contributed by atoms with E-state index in [0.29, 0.717) is 6.54 Å². The monoisotopic (exact) mass is 278 g/mol. The first-order valence-corrected chi connectivity index (χ1v) is 6.60. The summed E-state index contributed by atoms with van der Waals surface area (Å²) in [7, 11) is -4.67. The normalized spacial score (nSPS) is 10.4. The second-order valence-corrected chi connectivity index (χ2v) is 4.26. The van der Waals surface area contributed by atoms with E-state index in [0.717, 1.165) is 17.8 Å². The van der Waals surface area contributed by atoms with Crippen molar-refractivity contribution in [1.82, 2.24) is 0 Å². The highest BCUT2D eigenvalue weighted by Crippen LogP contribution is 2.18. The molecule has 8 heteroatoms. The molecule has 0 unspecified atom stereocenters. The first-order valence-electron chi connectivity index (χ1n) is 5.21. The Balaban J connectivity index is 0.000000494. The maximum absolute atomic E-state index is 8.74. The van der Waals surface area contributed by atoms with Gasteiger partial charge in [0, 0.05) is 17.9 Å². The maximum atomic E-state index is 8.74. The van der Waals surface area contributed by atoms with Crippen LogP contribution in [0.2, 0.25) is 0 Å². The van der Waals surface area contributed by atoms with Gasteiger partial charge in [-0.3, -0.25) is 9.11 Å². The van der Waals surface area contributed by atoms with Gasteiger partial charge in [0.25, 0.3) is 0 Å². The Morgan fingerprint density at radius 3 is 2.33 bits per heavy atom. The average Bonchev–Trinajstić information content (AvgIpc) is 2.25. The zero-order valence-corrected chi connectivity index (χ0v) is 10.8. The molecule has 0 aliphatic rings. The maximum Gasteiger partial charge on any atom is 0.394 e. The number of aryl methyl sites for hydroxylation is 1. The molecule has 7 nitrogen and oxygen atoms in total. The number of hydrogen-bond acceptors (Lipinski definition) is 5. The predicted molar refractivity (Wildman–Crippen MR) is 70.0 cm³/mol. The summed E-state index contributed by atoms with van der Waals surface area (Å²) < 4.78 is 31.6. The Hall–Kier alpha value is -1.35. The molecule has 1 rings (SSSR count). The topological polar surface area (TPSA) is 133 Å². The summed E-state index contributed by atoms with van der Waals surface area (Å²) >= 11 is 0. The second kappa shape index (κ2) is 7.88. The summed E-state index contributed by atoms with van der Waals surface area (Å²) in [6.07, 6.45) is 0.943. The number of anilines is 2. The van der Waals surface area contributed by atoms with Crippen LogP contribution in [0, 0.1) is 0 Å². The minimum atomic E-state index is -4.67. The Morgan fingerprint density at radius 1 is 1.33 bits per heavy atom. The number of benzene rings is 1. The summed E-state index contributed by atoms with van der Waals surface area (Å²) in [5.41, 5.74) is 8.69. The van der Waals surface area contributed by atoms with Crippen molar-refractivity contribution in [2.45, 2.75) is 13.3 Å². The van der Waals surface area contributed by atoms with E-state index in [1.807, 2.05) is 18.2 Å². The number of nitrogens with one attached hydrogen (secondary N) is 1. The molecule has 0 atom stereocenters. The van der Waals surface area contributed by atoms with E-state index in [9.17, 15) is 0 Å². The van der Waals surface area contributed by atoms with Crippen molar-refractivity contribution in [3.05, 3.63) is 23.8 Å². The summed E-state index contributed by atoms with van der Waals surface area (Å²) in [4.78, 5) is 0. The second-order valence-electron chi connectivity index (χ2n) is 3.37. The van der Waals surface area contributed by atoms with Gasteiger partial charge in [-0.1, -0.05) is 6.92 Å². The van der Waals surface area contributed by atoms with Crippen LogP contribution >= 0.6 is 0 Å². The molecule has 104 valence electrons. The van der Waals surface area contributed by atoms with Crippen LogP contribution in [0.25, 0.3) is 0 Å². The number of aliphatic hydroxyl groups is 1. The third kappa shape index (κ3) is 8.76. The molecular weight excluding hydrogens is 260 g/mol. The third-order valence-electron chi connectivity index (χ3n) is 1.94. The van der Waals surface area contributed by atoms with Gasteiger partial charge in [-0.05, 0) is 30.2 Å². The van der Waals surface area contributed by atoms with Gasteiger partial charge in [-0.15, -0.1) is 0 Å². The fraction of sp³-hybridized carbons (Fsp3) is 0.400. The molecule has 0 saturated carbocycles. The molecule has 0 spiro atoms. The first kappa shape index (κ1) is 16.6. The van der Waals surface area contributed by atoms with Gasteiger partial charge in [0.2, 0.25) is 0 Å². The van der Waals surface area contributed by atoms with E-state index >= 15 is 0 Å². The standard InChI is InChI=1S/C10H16N2O.H2O4S/c1-2-8-7-9(11)3-4-10(8)12-5-6-13;1-5(2,3)4/h3-4,7,12-13H,2,5-6,11H2,1H3;(H2,1,2,3,4). The van der Waals surface area contributed by atoms with Crippen molar-refractivity contribution in [2.75, 3.05) is 24.2 Å². The quantitative estimate of drug-likeness (QED) is 0.402. The Labute approximate surface area is 106 Å². The van der Waals surface area contributed by atoms with Gasteiger partial charge in [-0.2, -0.15) is 8.42 Å². The molecule has 1 aromatic carbocycles. The smallest absolute Gasteiger partial charge is 0.394 e. The lowest BCUT2D eigenvalue weighted by atomic mass is 10.1. The fourth-order valence-electron chi connectivity index (χ4n) is 1.27. The van der Waals surface area contributed by atoms with Gasteiger partial charge >= 0.3 is 10.4 Å². The van der Waals surface area contributed by atoms with Crippen molar-refractivity contribution in [1.29, 1.82) is 0 Å². The predicted octanol–water partition coefficient (Wildman–Crippen LogP) is 0.583. The van der Waals surface area contributed by atoms with Gasteiger partial charge in [0.15, 0.2) is 0 Å². The summed E-state index contributed by atoms with van der Waals surface area (Å²) in [6, 6.07) is 5.77. The molecule has 0 aliphatic heterocycles. The van der Waals surface area contributed by atoms with Crippen molar-refractivity contribution in [3.8, 4) is 0 Å². The molecule has 0 fully saturated rings. The zero-order chi connectivity index (χ0) is 14.2. The molecule has 0 saturated heterocycles. The molecular formula is C10H18N2O5S. The number of aliphatic hydroxyl groups excluding tert-OH is 1. The van der Waals surface area contributed by atoms with Crippen LogP contribution in [-0.4, -0.2) is 35.8 Å². The highest BCUT2D eigenvalue weighted by Gasteiger charge is 1.99. The molecule has 0 aliphatic carbocycles. The molecule has 0 aromatic heterocycles. The van der Waals surface area contributed by atoms with Gasteiger partial charge in [-0.25, -0.2) is 0 Å². The Kier molecular flexibility index (Phi) is 7.29. The van der Waals surface area contributed by atoms with Crippen LogP contribution in [0.1, 0.15) is 12.5 Å². The van der Waals surface area contributed by atoms with Gasteiger partial charge < -0.3 is 16.2 Å². The van der Waals surface area contributed by atoms with Crippen LogP contribution in [-0.2, 0) is 16.8 Å². The van der Waals surface area contributed by atoms with E-state index in [-0.39, 0.29) is 6.61 Å². The highest BCUT2D eigenvalue weighted by atomic mass is 32.3. The van der Waals surface area contributed by atoms with E-state index in [1.54, 1.807) is 0 Å². The molecule has 0 heterocycles. The molecule has 6 N–H and O–H groups in total. The van der Waals surface area contributed by atoms with E-state index in [4.69, 9.17) is 28.4 Å². The van der Waals surface area contributed by atoms with Crippen LogP contribution in [0.5, 0.6) is 0 Å². The minimum Gasteiger partial charge on any atom is -0.399 e. The van der Waals surface area contributed by atoms with Gasteiger partial charge in [0.1, 0.15) is 0 Å². The van der Waals surface area contributed by atoms with Crippen molar-refractivity contribution in [3.63, 3.8) is 0 Å². The van der Waals surface area contributed by atoms with Crippen LogP contribution in [0.3, 0.4) is 0 Å². The van der Waals surface area contributed by atoms with Gasteiger partial charge in [0.05, 0.1) is 6.61 Å². The lowest BCUT2D eigenvalue weighted by molar-refractivity contribution is 0.311. The fourth-order valence-corrected chi connectivity index (χ4v) is 1.27. The summed E-state index contributed by atoms with van der Waals surface area (Å²) in [5.74, 6) is 0. The third-order valence-corrected chi connectivity index (χ3v) is 1.94. The summed E-state index contributed by atoms with van der Waals surface area (Å²) in [6.45, 7) is 2.81. The minimum absolute atomic E-state index is 0.146. The van der Waals surface area contributed by atoms with Crippen molar-refractivity contribution < 1.29 is 22.6 Å². The van der Waals surface area contributed by atoms with E-state index in [1.165, 1.54) is 5.56 Å². The van der Waals surface area contributed by atoms with E-state index in [2.05, 4.69) is 12.2 Å².